The van der Waals surface area contributed by atoms with Crippen molar-refractivity contribution in [2.45, 2.75) is 72.1 Å². The van der Waals surface area contributed by atoms with Crippen molar-refractivity contribution < 1.29 is 28.5 Å². The number of aryl methyl sites for hydroxylation is 1. The van der Waals surface area contributed by atoms with E-state index >= 15 is 0 Å². The molecule has 10 nitrogen and oxygen atoms in total. The maximum absolute atomic E-state index is 13.0. The molecule has 0 aliphatic rings. The molecule has 5 rings (SSSR count). The average Bonchev–Trinajstić information content (AvgIpc) is 3.21. The summed E-state index contributed by atoms with van der Waals surface area (Å²) in [5.41, 5.74) is 3.90. The first-order chi connectivity index (χ1) is 26.9. The molecule has 55 heavy (non-hydrogen) atoms. The molecule has 0 heterocycles. The molecule has 5 aromatic rings. The van der Waals surface area contributed by atoms with E-state index in [-0.39, 0.29) is 11.5 Å². The highest BCUT2D eigenvalue weighted by atomic mass is 16.5. The van der Waals surface area contributed by atoms with Crippen LogP contribution in [0.2, 0.25) is 0 Å². The molecule has 0 saturated heterocycles. The van der Waals surface area contributed by atoms with E-state index in [1.807, 2.05) is 48.5 Å². The van der Waals surface area contributed by atoms with Crippen LogP contribution < -0.4 is 18.9 Å². The minimum absolute atomic E-state index is 0.234. The van der Waals surface area contributed by atoms with Crippen LogP contribution in [-0.2, 0) is 0 Å². The van der Waals surface area contributed by atoms with Gasteiger partial charge in [0.25, 0.3) is 0 Å². The third-order valence-electron chi connectivity index (χ3n) is 8.55. The van der Waals surface area contributed by atoms with Gasteiger partial charge < -0.3 is 18.9 Å². The standard InChI is InChI=1S/C45H48N4O6/c1-4-6-8-10-30-52-40-26-21-38(22-27-40)48-46-36-17-13-34(14-18-36)44(50)54-42-25-12-33(3)43(32-42)55-45(51)35-15-19-37(20-16-35)47-49-39-23-28-41(29-24-39)53-31-11-9-7-5-2/h12-29,32H,4-11,30-31H2,1-3H3. The van der Waals surface area contributed by atoms with E-state index in [4.69, 9.17) is 18.9 Å². The molecule has 0 atom stereocenters. The number of azo groups is 2. The van der Waals surface area contributed by atoms with Crippen LogP contribution in [0, 0.1) is 6.92 Å². The monoisotopic (exact) mass is 740 g/mol. The molecular weight excluding hydrogens is 693 g/mol. The summed E-state index contributed by atoms with van der Waals surface area (Å²) in [6.45, 7) is 7.58. The van der Waals surface area contributed by atoms with Crippen molar-refractivity contribution in [1.82, 2.24) is 0 Å². The van der Waals surface area contributed by atoms with Gasteiger partial charge in [0.1, 0.15) is 23.0 Å². The first kappa shape index (κ1) is 40.0. The van der Waals surface area contributed by atoms with Crippen LogP contribution in [0.1, 0.15) is 91.5 Å². The molecule has 0 spiro atoms. The molecule has 0 aliphatic heterocycles. The molecule has 0 N–H and O–H groups in total. The lowest BCUT2D eigenvalue weighted by molar-refractivity contribution is 0.0732. The second-order valence-corrected chi connectivity index (χ2v) is 13.0. The Bertz CT molecular complexity index is 2010. The van der Waals surface area contributed by atoms with Gasteiger partial charge in [0.15, 0.2) is 0 Å². The summed E-state index contributed by atoms with van der Waals surface area (Å²) in [4.78, 5) is 26.0. The zero-order valence-corrected chi connectivity index (χ0v) is 31.8. The topological polar surface area (TPSA) is 121 Å². The van der Waals surface area contributed by atoms with Crippen molar-refractivity contribution in [1.29, 1.82) is 0 Å². The number of rotatable bonds is 20. The predicted molar refractivity (Wildman–Crippen MR) is 214 cm³/mol. The second-order valence-electron chi connectivity index (χ2n) is 13.0. The number of hydrogen-bond acceptors (Lipinski definition) is 10. The maximum Gasteiger partial charge on any atom is 0.343 e. The minimum Gasteiger partial charge on any atom is -0.494 e. The van der Waals surface area contributed by atoms with E-state index in [0.29, 0.717) is 52.7 Å². The van der Waals surface area contributed by atoms with E-state index in [9.17, 15) is 9.59 Å². The third kappa shape index (κ3) is 13.3. The normalized spacial score (nSPS) is 11.2. The first-order valence-corrected chi connectivity index (χ1v) is 18.9. The van der Waals surface area contributed by atoms with Crippen LogP contribution in [0.5, 0.6) is 23.0 Å². The smallest absolute Gasteiger partial charge is 0.343 e. The highest BCUT2D eigenvalue weighted by molar-refractivity contribution is 5.92. The highest BCUT2D eigenvalue weighted by Crippen LogP contribution is 2.28. The summed E-state index contributed by atoms with van der Waals surface area (Å²) in [5.74, 6) is 0.986. The summed E-state index contributed by atoms with van der Waals surface area (Å²) in [5, 5.41) is 17.1. The van der Waals surface area contributed by atoms with E-state index < -0.39 is 11.9 Å². The highest BCUT2D eigenvalue weighted by Gasteiger charge is 2.14. The van der Waals surface area contributed by atoms with Gasteiger partial charge in [0.05, 0.1) is 47.1 Å². The lowest BCUT2D eigenvalue weighted by atomic mass is 10.2. The maximum atomic E-state index is 13.0. The lowest BCUT2D eigenvalue weighted by Gasteiger charge is -2.10. The Morgan fingerprint density at radius 3 is 1.25 bits per heavy atom. The predicted octanol–water partition coefficient (Wildman–Crippen LogP) is 13.2. The molecule has 10 heteroatoms. The molecule has 0 radical (unpaired) electrons. The molecule has 0 unspecified atom stereocenters. The van der Waals surface area contributed by atoms with Gasteiger partial charge in [-0.25, -0.2) is 9.59 Å². The fourth-order valence-corrected chi connectivity index (χ4v) is 5.29. The van der Waals surface area contributed by atoms with Crippen LogP contribution in [-0.4, -0.2) is 25.2 Å². The van der Waals surface area contributed by atoms with E-state index in [1.54, 1.807) is 67.6 Å². The molecule has 0 aliphatic carbocycles. The van der Waals surface area contributed by atoms with Crippen LogP contribution in [0.4, 0.5) is 22.7 Å². The molecule has 0 amide bonds. The van der Waals surface area contributed by atoms with Crippen molar-refractivity contribution in [3.8, 4) is 23.0 Å². The van der Waals surface area contributed by atoms with E-state index in [1.165, 1.54) is 44.6 Å². The quantitative estimate of drug-likeness (QED) is 0.0339. The fraction of sp³-hybridized carbons (Fsp3) is 0.289. The number of esters is 2. The Balaban J connectivity index is 1.09. The first-order valence-electron chi connectivity index (χ1n) is 18.9. The lowest BCUT2D eigenvalue weighted by Crippen LogP contribution is -2.11. The van der Waals surface area contributed by atoms with Crippen molar-refractivity contribution in [2.24, 2.45) is 20.5 Å². The van der Waals surface area contributed by atoms with Crippen LogP contribution in [0.3, 0.4) is 0 Å². The van der Waals surface area contributed by atoms with E-state index in [2.05, 4.69) is 34.3 Å². The van der Waals surface area contributed by atoms with Gasteiger partial charge in [0.2, 0.25) is 0 Å². The number of carbonyl (C=O) groups is 2. The van der Waals surface area contributed by atoms with Crippen LogP contribution in [0.25, 0.3) is 0 Å². The average molecular weight is 741 g/mol. The Morgan fingerprint density at radius 1 is 0.455 bits per heavy atom. The van der Waals surface area contributed by atoms with Gasteiger partial charge in [-0.05, 0) is 128 Å². The van der Waals surface area contributed by atoms with Crippen molar-refractivity contribution in [3.63, 3.8) is 0 Å². The molecular formula is C45H48N4O6. The summed E-state index contributed by atoms with van der Waals surface area (Å²) in [6.07, 6.45) is 9.26. The summed E-state index contributed by atoms with van der Waals surface area (Å²) >= 11 is 0. The van der Waals surface area contributed by atoms with Gasteiger partial charge >= 0.3 is 11.9 Å². The molecule has 0 bridgehead atoms. The van der Waals surface area contributed by atoms with Gasteiger partial charge in [-0.1, -0.05) is 58.4 Å². The van der Waals surface area contributed by atoms with Crippen molar-refractivity contribution in [2.75, 3.05) is 13.2 Å². The summed E-state index contributed by atoms with van der Waals surface area (Å²) in [7, 11) is 0. The number of hydrogen-bond donors (Lipinski definition) is 0. The van der Waals surface area contributed by atoms with Gasteiger partial charge in [-0.2, -0.15) is 20.5 Å². The Hall–Kier alpha value is -6.16. The number of benzene rings is 5. The van der Waals surface area contributed by atoms with Crippen LogP contribution >= 0.6 is 0 Å². The minimum atomic E-state index is -0.568. The molecule has 284 valence electrons. The number of nitrogens with zero attached hydrogens (tertiary/aromatic N) is 4. The summed E-state index contributed by atoms with van der Waals surface area (Å²) in [6, 6.07) is 33.0. The van der Waals surface area contributed by atoms with Crippen molar-refractivity contribution >= 4 is 34.7 Å². The fourth-order valence-electron chi connectivity index (χ4n) is 5.29. The van der Waals surface area contributed by atoms with Crippen LogP contribution in [0.15, 0.2) is 136 Å². The zero-order valence-electron chi connectivity index (χ0n) is 31.8. The van der Waals surface area contributed by atoms with Crippen molar-refractivity contribution in [3.05, 3.63) is 132 Å². The number of ether oxygens (including phenoxy) is 4. The number of carbonyl (C=O) groups excluding carboxylic acids is 2. The molecule has 0 fully saturated rings. The molecule has 0 saturated carbocycles. The van der Waals surface area contributed by atoms with Gasteiger partial charge in [0, 0.05) is 6.07 Å². The van der Waals surface area contributed by atoms with E-state index in [0.717, 1.165) is 24.3 Å². The SMILES string of the molecule is CCCCCCOc1ccc(N=Nc2ccc(C(=O)Oc3ccc(C)c(OC(=O)c4ccc(N=Nc5ccc(OCCCCCC)cc5)cc4)c3)cc2)cc1. The van der Waals surface area contributed by atoms with Gasteiger partial charge in [-0.15, -0.1) is 0 Å². The third-order valence-corrected chi connectivity index (χ3v) is 8.55. The zero-order chi connectivity index (χ0) is 38.7. The molecule has 5 aromatic carbocycles. The summed E-state index contributed by atoms with van der Waals surface area (Å²) < 4.78 is 22.8. The Kier molecular flexibility index (Phi) is 15.7. The Labute approximate surface area is 323 Å². The van der Waals surface area contributed by atoms with Gasteiger partial charge in [-0.3, -0.25) is 0 Å². The largest absolute Gasteiger partial charge is 0.494 e. The molecule has 0 aromatic heterocycles. The Morgan fingerprint density at radius 2 is 0.836 bits per heavy atom. The second kappa shape index (κ2) is 21.5. The number of unbranched alkanes of at least 4 members (excludes halogenated alkanes) is 6.